The van der Waals surface area contributed by atoms with Gasteiger partial charge in [-0.1, -0.05) is 0 Å². The van der Waals surface area contributed by atoms with Crippen LogP contribution in [0.25, 0.3) is 0 Å². The van der Waals surface area contributed by atoms with E-state index in [4.69, 9.17) is 0 Å². The molecule has 0 saturated heterocycles. The number of amides is 1. The van der Waals surface area contributed by atoms with Crippen molar-refractivity contribution in [1.82, 2.24) is 15.1 Å². The van der Waals surface area contributed by atoms with E-state index in [2.05, 4.69) is 10.4 Å². The van der Waals surface area contributed by atoms with E-state index in [1.807, 2.05) is 10.9 Å². The first-order valence-corrected chi connectivity index (χ1v) is 8.89. The molecular formula is C17H20FN3OS. The Balaban J connectivity index is 1.41. The molecule has 1 amide bonds. The number of thioether (sulfide) groups is 1. The Morgan fingerprint density at radius 2 is 2.04 bits per heavy atom. The quantitative estimate of drug-likeness (QED) is 0.827. The first kappa shape index (κ1) is 16.1. The Bertz CT molecular complexity index is 669. The van der Waals surface area contributed by atoms with Gasteiger partial charge in [-0.05, 0) is 55.5 Å². The predicted octanol–water partition coefficient (Wildman–Crippen LogP) is 2.81. The van der Waals surface area contributed by atoms with Crippen LogP contribution in [0.3, 0.4) is 0 Å². The average Bonchev–Trinajstić information content (AvgIpc) is 2.98. The summed E-state index contributed by atoms with van der Waals surface area (Å²) >= 11 is 1.41. The molecule has 0 spiro atoms. The highest BCUT2D eigenvalue weighted by atomic mass is 32.2. The van der Waals surface area contributed by atoms with Gasteiger partial charge in [0.05, 0.1) is 18.5 Å². The molecule has 1 heterocycles. The second kappa shape index (κ2) is 7.64. The van der Waals surface area contributed by atoms with Crippen LogP contribution in [-0.4, -0.2) is 28.0 Å². The zero-order chi connectivity index (χ0) is 16.1. The average molecular weight is 333 g/mol. The van der Waals surface area contributed by atoms with Gasteiger partial charge in [0.15, 0.2) is 0 Å². The van der Waals surface area contributed by atoms with Crippen LogP contribution < -0.4 is 5.32 Å². The number of carbonyl (C=O) groups is 1. The third kappa shape index (κ3) is 4.34. The zero-order valence-corrected chi connectivity index (χ0v) is 13.7. The van der Waals surface area contributed by atoms with Crippen molar-refractivity contribution < 1.29 is 9.18 Å². The monoisotopic (exact) mass is 333 g/mol. The summed E-state index contributed by atoms with van der Waals surface area (Å²) in [5, 5.41) is 7.34. The molecule has 0 unspecified atom stereocenters. The zero-order valence-electron chi connectivity index (χ0n) is 12.9. The normalized spacial score (nSPS) is 13.6. The van der Waals surface area contributed by atoms with Crippen LogP contribution in [0.2, 0.25) is 0 Å². The summed E-state index contributed by atoms with van der Waals surface area (Å²) in [6, 6.07) is 6.18. The summed E-state index contributed by atoms with van der Waals surface area (Å²) in [4.78, 5) is 12.8. The maximum atomic E-state index is 12.8. The number of hydrogen-bond acceptors (Lipinski definition) is 3. The largest absolute Gasteiger partial charge is 0.354 e. The lowest BCUT2D eigenvalue weighted by Crippen LogP contribution is -2.29. The lowest BCUT2D eigenvalue weighted by atomic mass is 9.98. The molecule has 0 saturated carbocycles. The smallest absolute Gasteiger partial charge is 0.230 e. The Morgan fingerprint density at radius 1 is 1.26 bits per heavy atom. The van der Waals surface area contributed by atoms with Gasteiger partial charge in [0.25, 0.3) is 0 Å². The number of fused-ring (bicyclic) bond motifs is 1. The molecule has 6 heteroatoms. The highest BCUT2D eigenvalue weighted by molar-refractivity contribution is 8.00. The van der Waals surface area contributed by atoms with Crippen molar-refractivity contribution in [2.45, 2.75) is 37.1 Å². The summed E-state index contributed by atoms with van der Waals surface area (Å²) in [6.45, 7) is 1.29. The van der Waals surface area contributed by atoms with Gasteiger partial charge in [-0.2, -0.15) is 5.10 Å². The molecule has 1 aromatic carbocycles. The van der Waals surface area contributed by atoms with Crippen molar-refractivity contribution >= 4 is 17.7 Å². The summed E-state index contributed by atoms with van der Waals surface area (Å²) in [7, 11) is 0. The van der Waals surface area contributed by atoms with E-state index in [1.165, 1.54) is 48.0 Å². The number of halogens is 1. The lowest BCUT2D eigenvalue weighted by Gasteiger charge is -2.14. The summed E-state index contributed by atoms with van der Waals surface area (Å²) in [5.41, 5.74) is 2.68. The van der Waals surface area contributed by atoms with E-state index in [0.29, 0.717) is 18.8 Å². The molecule has 0 radical (unpaired) electrons. The van der Waals surface area contributed by atoms with Gasteiger partial charge in [-0.15, -0.1) is 11.8 Å². The standard InChI is InChI=1S/C17H20FN3OS/c18-14-5-7-15(8-6-14)23-12-17(22)19-9-10-21-16-4-2-1-3-13(16)11-20-21/h5-8,11H,1-4,9-10,12H2,(H,19,22). The second-order valence-electron chi connectivity index (χ2n) is 5.64. The van der Waals surface area contributed by atoms with Gasteiger partial charge in [0, 0.05) is 17.1 Å². The molecule has 1 N–H and O–H groups in total. The highest BCUT2D eigenvalue weighted by Gasteiger charge is 2.14. The molecule has 23 heavy (non-hydrogen) atoms. The lowest BCUT2D eigenvalue weighted by molar-refractivity contribution is -0.118. The van der Waals surface area contributed by atoms with Gasteiger partial charge >= 0.3 is 0 Å². The summed E-state index contributed by atoms with van der Waals surface area (Å²) < 4.78 is 14.8. The molecule has 4 nitrogen and oxygen atoms in total. The minimum Gasteiger partial charge on any atom is -0.354 e. The Morgan fingerprint density at radius 3 is 2.87 bits per heavy atom. The number of hydrogen-bond donors (Lipinski definition) is 1. The van der Waals surface area contributed by atoms with Crippen molar-refractivity contribution in [2.24, 2.45) is 0 Å². The molecule has 0 fully saturated rings. The SMILES string of the molecule is O=C(CSc1ccc(F)cc1)NCCn1ncc2c1CCCC2. The molecule has 2 aromatic rings. The molecule has 1 aliphatic carbocycles. The molecule has 1 aliphatic rings. The van der Waals surface area contributed by atoms with Gasteiger partial charge < -0.3 is 5.32 Å². The highest BCUT2D eigenvalue weighted by Crippen LogP contribution is 2.20. The number of nitrogens with zero attached hydrogens (tertiary/aromatic N) is 2. The Hall–Kier alpha value is -1.82. The number of carbonyl (C=O) groups excluding carboxylic acids is 1. The van der Waals surface area contributed by atoms with E-state index in [0.717, 1.165) is 17.7 Å². The predicted molar refractivity (Wildman–Crippen MR) is 89.0 cm³/mol. The van der Waals surface area contributed by atoms with Crippen LogP contribution in [0, 0.1) is 5.82 Å². The minimum absolute atomic E-state index is 0.0136. The molecule has 0 atom stereocenters. The van der Waals surface area contributed by atoms with Crippen LogP contribution in [0.1, 0.15) is 24.1 Å². The van der Waals surface area contributed by atoms with E-state index in [9.17, 15) is 9.18 Å². The van der Waals surface area contributed by atoms with Gasteiger partial charge in [0.1, 0.15) is 5.82 Å². The van der Waals surface area contributed by atoms with Crippen molar-refractivity contribution in [3.05, 3.63) is 47.5 Å². The van der Waals surface area contributed by atoms with Crippen LogP contribution in [0.4, 0.5) is 4.39 Å². The van der Waals surface area contributed by atoms with Gasteiger partial charge in [-0.3, -0.25) is 9.48 Å². The third-order valence-electron chi connectivity index (χ3n) is 3.97. The van der Waals surface area contributed by atoms with Crippen LogP contribution in [0.15, 0.2) is 35.4 Å². The van der Waals surface area contributed by atoms with E-state index in [-0.39, 0.29) is 11.7 Å². The van der Waals surface area contributed by atoms with Crippen LogP contribution >= 0.6 is 11.8 Å². The number of aromatic nitrogens is 2. The maximum absolute atomic E-state index is 12.8. The first-order chi connectivity index (χ1) is 11.2. The summed E-state index contributed by atoms with van der Waals surface area (Å²) in [6.07, 6.45) is 6.63. The van der Waals surface area contributed by atoms with Crippen molar-refractivity contribution in [3.8, 4) is 0 Å². The fourth-order valence-corrected chi connectivity index (χ4v) is 3.51. The van der Waals surface area contributed by atoms with Crippen molar-refractivity contribution in [3.63, 3.8) is 0 Å². The Kier molecular flexibility index (Phi) is 5.33. The number of nitrogens with one attached hydrogen (secondary N) is 1. The van der Waals surface area contributed by atoms with E-state index >= 15 is 0 Å². The second-order valence-corrected chi connectivity index (χ2v) is 6.69. The molecule has 0 bridgehead atoms. The van der Waals surface area contributed by atoms with Gasteiger partial charge in [-0.25, -0.2) is 4.39 Å². The van der Waals surface area contributed by atoms with Gasteiger partial charge in [0.2, 0.25) is 5.91 Å². The fourth-order valence-electron chi connectivity index (χ4n) is 2.78. The molecule has 0 aliphatic heterocycles. The number of rotatable bonds is 6. The van der Waals surface area contributed by atoms with E-state index in [1.54, 1.807) is 12.1 Å². The third-order valence-corrected chi connectivity index (χ3v) is 4.99. The van der Waals surface area contributed by atoms with E-state index < -0.39 is 0 Å². The fraction of sp³-hybridized carbons (Fsp3) is 0.412. The Labute approximate surface area is 139 Å². The molecule has 122 valence electrons. The summed E-state index contributed by atoms with van der Waals surface area (Å²) in [5.74, 6) is 0.0600. The minimum atomic E-state index is -0.263. The number of aryl methyl sites for hydroxylation is 1. The van der Waals surface area contributed by atoms with Crippen LogP contribution in [-0.2, 0) is 24.2 Å². The topological polar surface area (TPSA) is 46.9 Å². The molecule has 1 aromatic heterocycles. The molecular weight excluding hydrogens is 313 g/mol. The maximum Gasteiger partial charge on any atom is 0.230 e. The van der Waals surface area contributed by atoms with Crippen molar-refractivity contribution in [1.29, 1.82) is 0 Å². The van der Waals surface area contributed by atoms with Crippen molar-refractivity contribution in [2.75, 3.05) is 12.3 Å². The number of benzene rings is 1. The first-order valence-electron chi connectivity index (χ1n) is 7.91. The van der Waals surface area contributed by atoms with Crippen LogP contribution in [0.5, 0.6) is 0 Å². The molecule has 3 rings (SSSR count).